The fourth-order valence-electron chi connectivity index (χ4n) is 4.17. The number of likely N-dealkylation sites (tertiary alicyclic amines) is 1. The van der Waals surface area contributed by atoms with Gasteiger partial charge in [-0.3, -0.25) is 9.59 Å². The Morgan fingerprint density at radius 3 is 2.76 bits per heavy atom. The van der Waals surface area contributed by atoms with Crippen molar-refractivity contribution in [3.63, 3.8) is 0 Å². The van der Waals surface area contributed by atoms with E-state index in [0.717, 1.165) is 45.4 Å². The number of benzene rings is 1. The average Bonchev–Trinajstić information content (AvgIpc) is 2.73. The lowest BCUT2D eigenvalue weighted by Gasteiger charge is -2.30. The number of ether oxygens (including phenoxy) is 1. The molecule has 1 fully saturated rings. The SMILES string of the molecule is CC1CCN(C(=O)COc2coc(C[NH+]3CCc4ccccc4C3)cc2=O)CC1. The molecule has 1 saturated heterocycles. The minimum absolute atomic E-state index is 0.0724. The smallest absolute Gasteiger partial charge is 0.260 e. The van der Waals surface area contributed by atoms with Gasteiger partial charge >= 0.3 is 0 Å². The summed E-state index contributed by atoms with van der Waals surface area (Å²) >= 11 is 0. The van der Waals surface area contributed by atoms with E-state index in [1.54, 1.807) is 0 Å². The maximum absolute atomic E-state index is 12.4. The molecule has 0 spiro atoms. The average molecular weight is 397 g/mol. The number of piperidine rings is 1. The van der Waals surface area contributed by atoms with E-state index in [1.807, 2.05) is 4.90 Å². The molecular formula is C23H29N2O4+. The molecule has 4 rings (SSSR count). The largest absolute Gasteiger partial charge is 0.477 e. The van der Waals surface area contributed by atoms with E-state index in [-0.39, 0.29) is 23.7 Å². The van der Waals surface area contributed by atoms with Gasteiger partial charge in [0.2, 0.25) is 11.2 Å². The summed E-state index contributed by atoms with van der Waals surface area (Å²) in [6, 6.07) is 10.00. The predicted octanol–water partition coefficient (Wildman–Crippen LogP) is 1.42. The summed E-state index contributed by atoms with van der Waals surface area (Å²) in [7, 11) is 0. The Morgan fingerprint density at radius 2 is 2.00 bits per heavy atom. The molecule has 1 aromatic heterocycles. The first-order valence-corrected chi connectivity index (χ1v) is 10.5. The molecule has 1 amide bonds. The van der Waals surface area contributed by atoms with E-state index in [0.29, 0.717) is 18.2 Å². The zero-order valence-electron chi connectivity index (χ0n) is 17.0. The Labute approximate surface area is 171 Å². The van der Waals surface area contributed by atoms with Crippen molar-refractivity contribution in [1.82, 2.24) is 4.90 Å². The van der Waals surface area contributed by atoms with Gasteiger partial charge in [-0.1, -0.05) is 31.2 Å². The second-order valence-electron chi connectivity index (χ2n) is 8.30. The van der Waals surface area contributed by atoms with Crippen LogP contribution in [0.15, 0.2) is 45.8 Å². The molecule has 1 unspecified atom stereocenters. The molecule has 1 N–H and O–H groups in total. The summed E-state index contributed by atoms with van der Waals surface area (Å²) in [6.07, 6.45) is 4.42. The van der Waals surface area contributed by atoms with Crippen LogP contribution in [0.4, 0.5) is 0 Å². The van der Waals surface area contributed by atoms with E-state index >= 15 is 0 Å². The molecule has 0 radical (unpaired) electrons. The number of quaternary nitrogens is 1. The lowest BCUT2D eigenvalue weighted by Crippen LogP contribution is -3.10. The highest BCUT2D eigenvalue weighted by molar-refractivity contribution is 5.77. The van der Waals surface area contributed by atoms with Crippen molar-refractivity contribution >= 4 is 5.91 Å². The van der Waals surface area contributed by atoms with E-state index in [9.17, 15) is 9.59 Å². The van der Waals surface area contributed by atoms with Crippen molar-refractivity contribution in [3.05, 3.63) is 63.7 Å². The maximum atomic E-state index is 12.4. The molecule has 29 heavy (non-hydrogen) atoms. The van der Waals surface area contributed by atoms with E-state index < -0.39 is 0 Å². The molecule has 0 saturated carbocycles. The van der Waals surface area contributed by atoms with E-state index in [1.165, 1.54) is 28.4 Å². The second-order valence-corrected chi connectivity index (χ2v) is 8.30. The molecule has 3 heterocycles. The molecule has 1 atom stereocenters. The zero-order chi connectivity index (χ0) is 20.2. The van der Waals surface area contributed by atoms with E-state index in [2.05, 4.69) is 31.2 Å². The summed E-state index contributed by atoms with van der Waals surface area (Å²) in [4.78, 5) is 27.9. The van der Waals surface area contributed by atoms with Crippen molar-refractivity contribution < 1.29 is 18.8 Å². The van der Waals surface area contributed by atoms with Crippen LogP contribution >= 0.6 is 0 Å². The van der Waals surface area contributed by atoms with Crippen molar-refractivity contribution in [1.29, 1.82) is 0 Å². The van der Waals surface area contributed by atoms with Crippen molar-refractivity contribution in [3.8, 4) is 5.75 Å². The van der Waals surface area contributed by atoms with Crippen molar-refractivity contribution in [2.24, 2.45) is 5.92 Å². The Kier molecular flexibility index (Phi) is 6.00. The topological polar surface area (TPSA) is 64.2 Å². The lowest BCUT2D eigenvalue weighted by atomic mass is 9.99. The number of hydrogen-bond donors (Lipinski definition) is 1. The van der Waals surface area contributed by atoms with Crippen molar-refractivity contribution in [2.45, 2.75) is 39.3 Å². The highest BCUT2D eigenvalue weighted by atomic mass is 16.5. The Morgan fingerprint density at radius 1 is 1.24 bits per heavy atom. The Bertz CT molecular complexity index is 915. The lowest BCUT2D eigenvalue weighted by molar-refractivity contribution is -0.930. The van der Waals surface area contributed by atoms with Gasteiger partial charge in [-0.15, -0.1) is 0 Å². The van der Waals surface area contributed by atoms with Crippen LogP contribution in [0.5, 0.6) is 5.75 Å². The maximum Gasteiger partial charge on any atom is 0.260 e. The highest BCUT2D eigenvalue weighted by Crippen LogP contribution is 2.16. The van der Waals surface area contributed by atoms with Gasteiger partial charge in [0.25, 0.3) is 5.91 Å². The van der Waals surface area contributed by atoms with Gasteiger partial charge in [0.15, 0.2) is 12.4 Å². The summed E-state index contributed by atoms with van der Waals surface area (Å²) in [6.45, 7) is 6.22. The van der Waals surface area contributed by atoms with Crippen molar-refractivity contribution in [2.75, 3.05) is 26.2 Å². The normalized spacial score (nSPS) is 19.6. The number of amides is 1. The number of fused-ring (bicyclic) bond motifs is 1. The van der Waals surface area contributed by atoms with E-state index in [4.69, 9.17) is 9.15 Å². The summed E-state index contributed by atoms with van der Waals surface area (Å²) < 4.78 is 11.1. The van der Waals surface area contributed by atoms with Gasteiger partial charge in [0.05, 0.1) is 6.54 Å². The quantitative estimate of drug-likeness (QED) is 0.829. The molecule has 2 aliphatic rings. The highest BCUT2D eigenvalue weighted by Gasteiger charge is 2.22. The molecule has 154 valence electrons. The van der Waals surface area contributed by atoms with Gasteiger partial charge in [0.1, 0.15) is 19.4 Å². The van der Waals surface area contributed by atoms with Crippen LogP contribution in [-0.2, 0) is 24.3 Å². The third-order valence-corrected chi connectivity index (χ3v) is 6.07. The number of nitrogens with one attached hydrogen (secondary N) is 1. The van der Waals surface area contributed by atoms with Crippen LogP contribution in [0.3, 0.4) is 0 Å². The van der Waals surface area contributed by atoms with Crippen LogP contribution in [0, 0.1) is 5.92 Å². The first-order valence-electron chi connectivity index (χ1n) is 10.5. The van der Waals surface area contributed by atoms with Crippen LogP contribution < -0.4 is 15.1 Å². The first kappa shape index (κ1) is 19.7. The van der Waals surface area contributed by atoms with Crippen LogP contribution in [-0.4, -0.2) is 37.0 Å². The third kappa shape index (κ3) is 4.88. The summed E-state index contributed by atoms with van der Waals surface area (Å²) in [5.74, 6) is 1.34. The van der Waals surface area contributed by atoms with Crippen LogP contribution in [0.1, 0.15) is 36.7 Å². The molecule has 6 heteroatoms. The molecule has 2 aromatic rings. The predicted molar refractivity (Wildman–Crippen MR) is 109 cm³/mol. The fraction of sp³-hybridized carbons (Fsp3) is 0.478. The monoisotopic (exact) mass is 397 g/mol. The molecule has 0 aliphatic carbocycles. The number of carbonyl (C=O) groups is 1. The van der Waals surface area contributed by atoms with Gasteiger partial charge in [-0.2, -0.15) is 0 Å². The third-order valence-electron chi connectivity index (χ3n) is 6.07. The minimum Gasteiger partial charge on any atom is -0.477 e. The van der Waals surface area contributed by atoms with Crippen LogP contribution in [0.25, 0.3) is 0 Å². The molecule has 1 aromatic carbocycles. The number of nitrogens with zero attached hydrogens (tertiary/aromatic N) is 1. The second kappa shape index (κ2) is 8.82. The summed E-state index contributed by atoms with van der Waals surface area (Å²) in [5, 5.41) is 0. The molecular weight excluding hydrogens is 368 g/mol. The fourth-order valence-corrected chi connectivity index (χ4v) is 4.17. The Balaban J connectivity index is 1.31. The number of rotatable bonds is 5. The number of hydrogen-bond acceptors (Lipinski definition) is 4. The van der Waals surface area contributed by atoms with Gasteiger partial charge in [-0.25, -0.2) is 0 Å². The summed E-state index contributed by atoms with van der Waals surface area (Å²) in [5.41, 5.74) is 2.54. The molecule has 2 aliphatic heterocycles. The van der Waals surface area contributed by atoms with Gasteiger partial charge < -0.3 is 19.0 Å². The van der Waals surface area contributed by atoms with Gasteiger partial charge in [0, 0.05) is 31.1 Å². The van der Waals surface area contributed by atoms with Crippen LogP contribution in [0.2, 0.25) is 0 Å². The first-order chi connectivity index (χ1) is 14.1. The van der Waals surface area contributed by atoms with Gasteiger partial charge in [-0.05, 0) is 24.3 Å². The minimum atomic E-state index is -0.233. The zero-order valence-corrected chi connectivity index (χ0v) is 17.0. The Hall–Kier alpha value is -2.60. The molecule has 0 bridgehead atoms. The number of carbonyl (C=O) groups excluding carboxylic acids is 1. The standard InChI is InChI=1S/C23H28N2O4/c1-17-6-10-25(11-7-17)23(27)16-29-22-15-28-20(12-21(22)26)14-24-9-8-18-4-2-3-5-19(18)13-24/h2-5,12,15,17H,6-11,13-14,16H2,1H3/p+1. The molecule has 6 nitrogen and oxygen atoms in total.